The number of aryl methyl sites for hydroxylation is 6. The topological polar surface area (TPSA) is 118 Å². The minimum Gasteiger partial charge on any atom is -0.494 e. The minimum absolute atomic E-state index is 0.0172. The van der Waals surface area contributed by atoms with Crippen molar-refractivity contribution in [3.8, 4) is 22.9 Å². The predicted octanol–water partition coefficient (Wildman–Crippen LogP) is 8.88. The molecule has 0 radical (unpaired) electrons. The molecule has 4 heterocycles. The van der Waals surface area contributed by atoms with E-state index in [0.29, 0.717) is 53.3 Å². The molecule has 0 saturated heterocycles. The number of anilines is 1. The number of carboxylic acid groups (broad SMARTS) is 1. The summed E-state index contributed by atoms with van der Waals surface area (Å²) in [5.74, 6) is -0.628. The van der Waals surface area contributed by atoms with Gasteiger partial charge in [0.1, 0.15) is 17.5 Å². The lowest BCUT2D eigenvalue weighted by molar-refractivity contribution is 0.0696. The van der Waals surface area contributed by atoms with Crippen LogP contribution in [-0.4, -0.2) is 49.0 Å². The number of hydrogen-bond donors (Lipinski definition) is 1. The quantitative estimate of drug-likeness (QED) is 0.156. The third-order valence-corrected chi connectivity index (χ3v) is 11.2. The summed E-state index contributed by atoms with van der Waals surface area (Å²) < 4.78 is 11.9. The van der Waals surface area contributed by atoms with Gasteiger partial charge in [-0.3, -0.25) is 9.48 Å². The SMILES string of the molecule is Cc1cc(OCCCc2c3n(c4c(-c5c(C)nn(C)c5C)c(Cl)ccc24)C(C)CN(c2cn(C)c4c(C#N)cc(C(=O)O)cc24)C3=O)cc(C)c1Cl. The van der Waals surface area contributed by atoms with Crippen LogP contribution in [0.3, 0.4) is 0 Å². The van der Waals surface area contributed by atoms with Gasteiger partial charge in [0.05, 0.1) is 45.2 Å². The van der Waals surface area contributed by atoms with Crippen LogP contribution in [0.1, 0.15) is 73.9 Å². The van der Waals surface area contributed by atoms with Gasteiger partial charge in [-0.15, -0.1) is 0 Å². The fourth-order valence-electron chi connectivity index (χ4n) is 7.89. The number of benzene rings is 3. The zero-order chi connectivity index (χ0) is 37.3. The van der Waals surface area contributed by atoms with Crippen molar-refractivity contribution in [1.82, 2.24) is 18.9 Å². The summed E-state index contributed by atoms with van der Waals surface area (Å²) in [6, 6.07) is 12.6. The zero-order valence-electron chi connectivity index (χ0n) is 30.1. The van der Waals surface area contributed by atoms with E-state index in [1.807, 2.05) is 63.7 Å². The number of rotatable bonds is 8. The van der Waals surface area contributed by atoms with Crippen LogP contribution in [0.25, 0.3) is 32.9 Å². The van der Waals surface area contributed by atoms with Gasteiger partial charge in [-0.05, 0) is 94.5 Å². The Kier molecular flexibility index (Phi) is 8.84. The van der Waals surface area contributed by atoms with Gasteiger partial charge in [-0.1, -0.05) is 29.3 Å². The zero-order valence-corrected chi connectivity index (χ0v) is 31.6. The Morgan fingerprint density at radius 2 is 1.75 bits per heavy atom. The average molecular weight is 738 g/mol. The summed E-state index contributed by atoms with van der Waals surface area (Å²) in [6.45, 7) is 10.7. The van der Waals surface area contributed by atoms with Gasteiger partial charge >= 0.3 is 5.97 Å². The first-order chi connectivity index (χ1) is 24.7. The van der Waals surface area contributed by atoms with E-state index in [0.717, 1.165) is 60.9 Å². The molecule has 3 aromatic heterocycles. The summed E-state index contributed by atoms with van der Waals surface area (Å²) in [5.41, 5.74) is 9.07. The molecule has 12 heteroatoms. The van der Waals surface area contributed by atoms with Crippen molar-refractivity contribution in [3.05, 3.63) is 97.5 Å². The fourth-order valence-corrected chi connectivity index (χ4v) is 8.24. The smallest absolute Gasteiger partial charge is 0.335 e. The number of carbonyl (C=O) groups is 2. The van der Waals surface area contributed by atoms with Crippen LogP contribution in [0.5, 0.6) is 5.75 Å². The summed E-state index contributed by atoms with van der Waals surface area (Å²) in [5, 5.41) is 27.3. The first-order valence-corrected chi connectivity index (χ1v) is 17.8. The monoisotopic (exact) mass is 736 g/mol. The second-order valence-corrected chi connectivity index (χ2v) is 14.5. The third-order valence-electron chi connectivity index (χ3n) is 10.3. The molecule has 1 aliphatic rings. The van der Waals surface area contributed by atoms with E-state index >= 15 is 4.79 Å². The Labute approximate surface area is 311 Å². The number of nitriles is 1. The average Bonchev–Trinajstić information content (AvgIpc) is 3.71. The Morgan fingerprint density at radius 3 is 2.38 bits per heavy atom. The van der Waals surface area contributed by atoms with Crippen molar-refractivity contribution in [2.24, 2.45) is 14.1 Å². The maximum absolute atomic E-state index is 15.0. The fraction of sp³-hybridized carbons (Fsp3) is 0.300. The van der Waals surface area contributed by atoms with Gasteiger partial charge < -0.3 is 23.9 Å². The number of aromatic nitrogens is 4. The number of carboxylic acids is 1. The van der Waals surface area contributed by atoms with Gasteiger partial charge in [-0.2, -0.15) is 10.4 Å². The lowest BCUT2D eigenvalue weighted by Crippen LogP contribution is -2.42. The molecule has 0 fully saturated rings. The number of fused-ring (bicyclic) bond motifs is 4. The molecule has 1 atom stereocenters. The molecule has 10 nitrogen and oxygen atoms in total. The maximum atomic E-state index is 15.0. The molecule has 7 rings (SSSR count). The Bertz CT molecular complexity index is 2510. The lowest BCUT2D eigenvalue weighted by Gasteiger charge is -2.34. The molecule has 6 aromatic rings. The van der Waals surface area contributed by atoms with Gasteiger partial charge in [-0.25, -0.2) is 4.79 Å². The van der Waals surface area contributed by atoms with E-state index in [1.165, 1.54) is 6.07 Å². The molecular weight excluding hydrogens is 699 g/mol. The van der Waals surface area contributed by atoms with Crippen LogP contribution in [0.15, 0.2) is 42.6 Å². The molecule has 0 aliphatic carbocycles. The molecule has 52 heavy (non-hydrogen) atoms. The first-order valence-electron chi connectivity index (χ1n) is 17.1. The van der Waals surface area contributed by atoms with Crippen molar-refractivity contribution >= 4 is 62.6 Å². The normalized spacial score (nSPS) is 14.3. The molecule has 0 spiro atoms. The molecule has 1 amide bonds. The largest absolute Gasteiger partial charge is 0.494 e. The van der Waals surface area contributed by atoms with Gasteiger partial charge in [0.15, 0.2) is 0 Å². The van der Waals surface area contributed by atoms with Crippen LogP contribution < -0.4 is 9.64 Å². The number of amides is 1. The van der Waals surface area contributed by atoms with Crippen LogP contribution in [0.4, 0.5) is 5.69 Å². The summed E-state index contributed by atoms with van der Waals surface area (Å²) in [6.07, 6.45) is 2.97. The van der Waals surface area contributed by atoms with Crippen LogP contribution in [0, 0.1) is 39.0 Å². The molecule has 0 saturated carbocycles. The lowest BCUT2D eigenvalue weighted by atomic mass is 9.98. The number of hydrogen-bond acceptors (Lipinski definition) is 5. The second kappa shape index (κ2) is 13.1. The van der Waals surface area contributed by atoms with Crippen molar-refractivity contribution in [1.29, 1.82) is 5.26 Å². The molecular formula is C40H38Cl2N6O4. The second-order valence-electron chi connectivity index (χ2n) is 13.7. The number of nitrogens with zero attached hydrogens (tertiary/aromatic N) is 6. The molecule has 1 aliphatic heterocycles. The van der Waals surface area contributed by atoms with Gasteiger partial charge in [0.25, 0.3) is 5.91 Å². The van der Waals surface area contributed by atoms with Crippen LogP contribution in [-0.2, 0) is 20.5 Å². The van der Waals surface area contributed by atoms with Crippen LogP contribution >= 0.6 is 23.2 Å². The Balaban J connectivity index is 1.40. The molecule has 3 aromatic carbocycles. The molecule has 1 unspecified atom stereocenters. The highest BCUT2D eigenvalue weighted by Crippen LogP contribution is 2.46. The van der Waals surface area contributed by atoms with E-state index in [1.54, 1.807) is 28.8 Å². The number of carbonyl (C=O) groups excluding carboxylic acids is 1. The van der Waals surface area contributed by atoms with E-state index < -0.39 is 5.97 Å². The van der Waals surface area contributed by atoms with E-state index in [9.17, 15) is 15.2 Å². The minimum atomic E-state index is -1.15. The Morgan fingerprint density at radius 1 is 1.04 bits per heavy atom. The van der Waals surface area contributed by atoms with Gasteiger partial charge in [0, 0.05) is 65.5 Å². The van der Waals surface area contributed by atoms with Crippen molar-refractivity contribution in [2.45, 2.75) is 53.5 Å². The molecule has 266 valence electrons. The standard InChI is InChI=1S/C40H38Cl2N6O4/c1-20-13-27(14-21(2)35(20)42)52-12-8-9-28-29-10-11-31(41)34(33-23(4)44-46(7)24(33)5)37(29)48-22(3)18-47(39(49)38(28)48)32-19-45(6)36-26(17-43)15-25(40(50)51)16-30(32)36/h10-11,13-16,19,22H,8-9,12,18H2,1-7H3,(H,50,51). The van der Waals surface area contributed by atoms with Crippen LogP contribution in [0.2, 0.25) is 10.0 Å². The Hall–Kier alpha value is -5.24. The van der Waals surface area contributed by atoms with Crippen molar-refractivity contribution in [2.75, 3.05) is 18.1 Å². The molecule has 1 N–H and O–H groups in total. The maximum Gasteiger partial charge on any atom is 0.335 e. The van der Waals surface area contributed by atoms with Crippen molar-refractivity contribution in [3.63, 3.8) is 0 Å². The summed E-state index contributed by atoms with van der Waals surface area (Å²) in [4.78, 5) is 28.8. The van der Waals surface area contributed by atoms with E-state index in [4.69, 9.17) is 33.0 Å². The number of halogens is 2. The number of ether oxygens (including phenoxy) is 1. The highest BCUT2D eigenvalue weighted by atomic mass is 35.5. The van der Waals surface area contributed by atoms with Gasteiger partial charge in [0.2, 0.25) is 0 Å². The van der Waals surface area contributed by atoms with E-state index in [-0.39, 0.29) is 23.1 Å². The number of aromatic carboxylic acids is 1. The van der Waals surface area contributed by atoms with Crippen molar-refractivity contribution < 1.29 is 19.4 Å². The predicted molar refractivity (Wildman–Crippen MR) is 204 cm³/mol. The highest BCUT2D eigenvalue weighted by molar-refractivity contribution is 6.35. The van der Waals surface area contributed by atoms with E-state index in [2.05, 4.69) is 17.6 Å². The molecule has 0 bridgehead atoms. The summed E-state index contributed by atoms with van der Waals surface area (Å²) >= 11 is 13.5. The summed E-state index contributed by atoms with van der Waals surface area (Å²) in [7, 11) is 3.70. The first kappa shape index (κ1) is 35.2. The highest BCUT2D eigenvalue weighted by Gasteiger charge is 2.38. The third kappa shape index (κ3) is 5.51.